The Bertz CT molecular complexity index is 823. The molecule has 0 aliphatic rings. The Balaban J connectivity index is 2.15. The van der Waals surface area contributed by atoms with Crippen LogP contribution in [0.3, 0.4) is 0 Å². The second-order valence-electron chi connectivity index (χ2n) is 7.18. The maximum atomic E-state index is 13.0. The summed E-state index contributed by atoms with van der Waals surface area (Å²) in [4.78, 5) is 27.3. The molecular formula is C23H29BrN2O3. The lowest BCUT2D eigenvalue weighted by molar-refractivity contribution is -0.142. The van der Waals surface area contributed by atoms with E-state index in [-0.39, 0.29) is 24.5 Å². The first-order valence-corrected chi connectivity index (χ1v) is 10.6. The first-order valence-electron chi connectivity index (χ1n) is 9.84. The summed E-state index contributed by atoms with van der Waals surface area (Å²) in [5.74, 6) is 0.210. The van der Waals surface area contributed by atoms with Gasteiger partial charge in [-0.1, -0.05) is 47.1 Å². The zero-order chi connectivity index (χ0) is 21.4. The fraction of sp³-hybridized carbons (Fsp3) is 0.391. The highest BCUT2D eigenvalue weighted by molar-refractivity contribution is 9.10. The van der Waals surface area contributed by atoms with Crippen LogP contribution in [0.5, 0.6) is 5.75 Å². The van der Waals surface area contributed by atoms with Gasteiger partial charge in [-0.25, -0.2) is 0 Å². The second kappa shape index (κ2) is 11.0. The summed E-state index contributed by atoms with van der Waals surface area (Å²) in [6, 6.07) is 14.6. The third kappa shape index (κ3) is 6.89. The highest BCUT2D eigenvalue weighted by atomic mass is 79.9. The number of hydrogen-bond donors (Lipinski definition) is 1. The maximum Gasteiger partial charge on any atom is 0.261 e. The van der Waals surface area contributed by atoms with Crippen molar-refractivity contribution >= 4 is 27.7 Å². The molecule has 0 spiro atoms. The van der Waals surface area contributed by atoms with Gasteiger partial charge in [-0.3, -0.25) is 9.59 Å². The van der Waals surface area contributed by atoms with Crippen molar-refractivity contribution in [2.75, 3.05) is 6.61 Å². The summed E-state index contributed by atoms with van der Waals surface area (Å²) in [6.45, 7) is 7.94. The number of hydrogen-bond acceptors (Lipinski definition) is 3. The molecule has 1 N–H and O–H groups in total. The molecule has 2 aromatic rings. The average Bonchev–Trinajstić information content (AvgIpc) is 2.71. The summed E-state index contributed by atoms with van der Waals surface area (Å²) in [5.41, 5.74) is 2.08. The van der Waals surface area contributed by atoms with Crippen molar-refractivity contribution in [1.82, 2.24) is 10.2 Å². The Labute approximate surface area is 181 Å². The SMILES string of the molecule is CC[C@H](C)NC(=O)[C@H](C)N(Cc1ccccc1C)C(=O)COc1ccc(Br)cc1. The van der Waals surface area contributed by atoms with Crippen molar-refractivity contribution in [1.29, 1.82) is 0 Å². The predicted octanol–water partition coefficient (Wildman–Crippen LogP) is 4.47. The molecule has 2 amide bonds. The van der Waals surface area contributed by atoms with Gasteiger partial charge in [0.2, 0.25) is 5.91 Å². The lowest BCUT2D eigenvalue weighted by Crippen LogP contribution is -2.50. The van der Waals surface area contributed by atoms with Gasteiger partial charge in [-0.05, 0) is 62.6 Å². The molecule has 0 aromatic heterocycles. The van der Waals surface area contributed by atoms with Crippen LogP contribution in [0.25, 0.3) is 0 Å². The van der Waals surface area contributed by atoms with Crippen molar-refractivity contribution < 1.29 is 14.3 Å². The van der Waals surface area contributed by atoms with Crippen LogP contribution in [0.4, 0.5) is 0 Å². The molecule has 6 heteroatoms. The highest BCUT2D eigenvalue weighted by Gasteiger charge is 2.27. The normalized spacial score (nSPS) is 12.7. The molecule has 156 valence electrons. The summed E-state index contributed by atoms with van der Waals surface area (Å²) in [6.07, 6.45) is 0.830. The number of rotatable bonds is 9. The van der Waals surface area contributed by atoms with Crippen molar-refractivity contribution in [3.63, 3.8) is 0 Å². The molecule has 0 saturated carbocycles. The second-order valence-corrected chi connectivity index (χ2v) is 8.10. The van der Waals surface area contributed by atoms with Gasteiger partial charge in [0.15, 0.2) is 6.61 Å². The molecule has 0 radical (unpaired) electrons. The van der Waals surface area contributed by atoms with Gasteiger partial charge < -0.3 is 15.0 Å². The lowest BCUT2D eigenvalue weighted by Gasteiger charge is -2.30. The van der Waals surface area contributed by atoms with E-state index in [4.69, 9.17) is 4.74 Å². The number of carbonyl (C=O) groups excluding carboxylic acids is 2. The molecule has 2 aromatic carbocycles. The van der Waals surface area contributed by atoms with Gasteiger partial charge in [0.05, 0.1) is 0 Å². The van der Waals surface area contributed by atoms with E-state index in [2.05, 4.69) is 21.2 Å². The predicted molar refractivity (Wildman–Crippen MR) is 119 cm³/mol. The average molecular weight is 461 g/mol. The van der Waals surface area contributed by atoms with E-state index in [1.54, 1.807) is 24.0 Å². The Morgan fingerprint density at radius 3 is 2.38 bits per heavy atom. The van der Waals surface area contributed by atoms with Gasteiger partial charge in [-0.15, -0.1) is 0 Å². The molecule has 0 bridgehead atoms. The minimum absolute atomic E-state index is 0.0550. The molecule has 0 fully saturated rings. The van der Waals surface area contributed by atoms with Crippen molar-refractivity contribution in [3.05, 3.63) is 64.1 Å². The standard InChI is InChI=1S/C23H29BrN2O3/c1-5-17(3)25-23(28)18(4)26(14-19-9-7-6-8-16(19)2)22(27)15-29-21-12-10-20(24)11-13-21/h6-13,17-18H,5,14-15H2,1-4H3,(H,25,28)/t17-,18-/m0/s1. The summed E-state index contributed by atoms with van der Waals surface area (Å²) < 4.78 is 6.60. The van der Waals surface area contributed by atoms with Crippen molar-refractivity contribution in [2.24, 2.45) is 0 Å². The van der Waals surface area contributed by atoms with E-state index in [1.165, 1.54) is 0 Å². The molecule has 0 heterocycles. The van der Waals surface area contributed by atoms with Crippen molar-refractivity contribution in [2.45, 2.75) is 52.7 Å². The third-order valence-corrected chi connectivity index (χ3v) is 5.47. The largest absolute Gasteiger partial charge is 0.484 e. The fourth-order valence-electron chi connectivity index (χ4n) is 2.78. The number of nitrogens with one attached hydrogen (secondary N) is 1. The zero-order valence-electron chi connectivity index (χ0n) is 17.4. The number of ether oxygens (including phenoxy) is 1. The summed E-state index contributed by atoms with van der Waals surface area (Å²) >= 11 is 3.38. The summed E-state index contributed by atoms with van der Waals surface area (Å²) in [5, 5.41) is 2.97. The van der Waals surface area contributed by atoms with Gasteiger partial charge in [0, 0.05) is 17.1 Å². The van der Waals surface area contributed by atoms with Crippen LogP contribution in [-0.2, 0) is 16.1 Å². The first-order chi connectivity index (χ1) is 13.8. The summed E-state index contributed by atoms with van der Waals surface area (Å²) in [7, 11) is 0. The van der Waals surface area contributed by atoms with Crippen LogP contribution in [-0.4, -0.2) is 35.4 Å². The van der Waals surface area contributed by atoms with Crippen LogP contribution in [0.15, 0.2) is 53.0 Å². The molecule has 0 unspecified atom stereocenters. The molecule has 29 heavy (non-hydrogen) atoms. The molecular weight excluding hydrogens is 432 g/mol. The van der Waals surface area contributed by atoms with E-state index < -0.39 is 6.04 Å². The Morgan fingerprint density at radius 2 is 1.76 bits per heavy atom. The quantitative estimate of drug-likeness (QED) is 0.600. The lowest BCUT2D eigenvalue weighted by atomic mass is 10.1. The molecule has 5 nitrogen and oxygen atoms in total. The molecule has 2 rings (SSSR count). The minimum atomic E-state index is -0.607. The van der Waals surface area contributed by atoms with Crippen LogP contribution in [0.2, 0.25) is 0 Å². The van der Waals surface area contributed by atoms with E-state index in [1.807, 2.05) is 57.2 Å². The van der Waals surface area contributed by atoms with Crippen LogP contribution in [0, 0.1) is 6.92 Å². The smallest absolute Gasteiger partial charge is 0.261 e. The minimum Gasteiger partial charge on any atom is -0.484 e. The topological polar surface area (TPSA) is 58.6 Å². The van der Waals surface area contributed by atoms with E-state index in [0.29, 0.717) is 12.3 Å². The Hall–Kier alpha value is -2.34. The number of amides is 2. The van der Waals surface area contributed by atoms with E-state index >= 15 is 0 Å². The van der Waals surface area contributed by atoms with Gasteiger partial charge in [0.1, 0.15) is 11.8 Å². The number of halogens is 1. The fourth-order valence-corrected chi connectivity index (χ4v) is 3.04. The zero-order valence-corrected chi connectivity index (χ0v) is 19.0. The Kier molecular flexibility index (Phi) is 8.70. The van der Waals surface area contributed by atoms with Gasteiger partial charge in [0.25, 0.3) is 5.91 Å². The van der Waals surface area contributed by atoms with E-state index in [9.17, 15) is 9.59 Å². The number of nitrogens with zero attached hydrogens (tertiary/aromatic N) is 1. The number of carbonyl (C=O) groups is 2. The van der Waals surface area contributed by atoms with E-state index in [0.717, 1.165) is 22.0 Å². The van der Waals surface area contributed by atoms with Crippen molar-refractivity contribution in [3.8, 4) is 5.75 Å². The Morgan fingerprint density at radius 1 is 1.10 bits per heavy atom. The highest BCUT2D eigenvalue weighted by Crippen LogP contribution is 2.17. The monoisotopic (exact) mass is 460 g/mol. The number of benzene rings is 2. The van der Waals surface area contributed by atoms with Crippen LogP contribution >= 0.6 is 15.9 Å². The van der Waals surface area contributed by atoms with Gasteiger partial charge >= 0.3 is 0 Å². The molecule has 0 aliphatic carbocycles. The van der Waals surface area contributed by atoms with Crippen LogP contribution < -0.4 is 10.1 Å². The van der Waals surface area contributed by atoms with Gasteiger partial charge in [-0.2, -0.15) is 0 Å². The third-order valence-electron chi connectivity index (χ3n) is 4.95. The molecule has 0 aliphatic heterocycles. The first kappa shape index (κ1) is 22.9. The van der Waals surface area contributed by atoms with Crippen LogP contribution in [0.1, 0.15) is 38.3 Å². The number of aryl methyl sites for hydroxylation is 1. The maximum absolute atomic E-state index is 13.0. The molecule has 0 saturated heterocycles. The molecule has 2 atom stereocenters.